The Kier molecular flexibility index (Phi) is 3.98. The molecule has 0 saturated carbocycles. The lowest BCUT2D eigenvalue weighted by Gasteiger charge is -2.28. The number of benzene rings is 1. The van der Waals surface area contributed by atoms with Gasteiger partial charge in [-0.15, -0.1) is 0 Å². The van der Waals surface area contributed by atoms with E-state index in [1.807, 2.05) is 0 Å². The van der Waals surface area contributed by atoms with Crippen molar-refractivity contribution in [2.24, 2.45) is 13.0 Å². The maximum absolute atomic E-state index is 12.6. The number of hydroxylamine groups is 2. The molecule has 0 aliphatic carbocycles. The molecule has 4 rings (SSSR count). The lowest BCUT2D eigenvalue weighted by Crippen LogP contribution is -2.42. The number of rotatable bonds is 3. The van der Waals surface area contributed by atoms with Gasteiger partial charge >= 0.3 is 5.97 Å². The zero-order valence-corrected chi connectivity index (χ0v) is 14.4. The highest BCUT2D eigenvalue weighted by molar-refractivity contribution is 6.20. The molecule has 1 aromatic carbocycles. The molecule has 3 heterocycles. The number of aryl methyl sites for hydroxylation is 1. The molecule has 0 unspecified atom stereocenters. The normalized spacial score (nSPS) is 21.8. The fraction of sp³-hybridized carbons (Fsp3) is 0.278. The van der Waals surface area contributed by atoms with Crippen LogP contribution in [0.5, 0.6) is 0 Å². The summed E-state index contributed by atoms with van der Waals surface area (Å²) >= 11 is 0. The Hall–Kier alpha value is -3.49. The average Bonchev–Trinajstić information content (AvgIpc) is 3.19. The number of carbonyl (C=O) groups is 4. The number of carbonyl (C=O) groups excluding carboxylic acids is 4. The quantitative estimate of drug-likeness (QED) is 0.800. The fourth-order valence-corrected chi connectivity index (χ4v) is 3.34. The molecule has 138 valence electrons. The van der Waals surface area contributed by atoms with Crippen LogP contribution < -0.4 is 5.32 Å². The Balaban J connectivity index is 1.49. The smallest absolute Gasteiger partial charge is 0.336 e. The van der Waals surface area contributed by atoms with E-state index in [-0.39, 0.29) is 29.5 Å². The Labute approximate surface area is 153 Å². The molecule has 2 atom stereocenters. The highest BCUT2D eigenvalue weighted by atomic mass is 16.7. The third-order valence-electron chi connectivity index (χ3n) is 4.69. The summed E-state index contributed by atoms with van der Waals surface area (Å²) < 4.78 is 1.60. The number of aromatic nitrogens is 2. The number of amides is 3. The molecular formula is C18H16N4O5. The summed E-state index contributed by atoms with van der Waals surface area (Å²) in [7, 11) is 1.75. The highest BCUT2D eigenvalue weighted by Gasteiger charge is 2.41. The predicted octanol–water partition coefficient (Wildman–Crippen LogP) is 0.742. The van der Waals surface area contributed by atoms with Crippen LogP contribution in [0.15, 0.2) is 36.7 Å². The first kappa shape index (κ1) is 17.0. The Morgan fingerprint density at radius 2 is 1.85 bits per heavy atom. The molecule has 3 amide bonds. The first-order valence-corrected chi connectivity index (χ1v) is 8.41. The van der Waals surface area contributed by atoms with Gasteiger partial charge in [0, 0.05) is 25.2 Å². The second-order valence-corrected chi connectivity index (χ2v) is 6.56. The summed E-state index contributed by atoms with van der Waals surface area (Å²) in [5.41, 5.74) is 1.14. The minimum Gasteiger partial charge on any atom is -0.349 e. The summed E-state index contributed by atoms with van der Waals surface area (Å²) in [4.78, 5) is 54.3. The molecule has 2 aromatic rings. The van der Waals surface area contributed by atoms with E-state index in [1.54, 1.807) is 36.3 Å². The number of hydrogen-bond donors (Lipinski definition) is 1. The van der Waals surface area contributed by atoms with E-state index >= 15 is 0 Å². The van der Waals surface area contributed by atoms with Gasteiger partial charge in [0.25, 0.3) is 11.8 Å². The van der Waals surface area contributed by atoms with Crippen molar-refractivity contribution < 1.29 is 24.0 Å². The van der Waals surface area contributed by atoms with Crippen LogP contribution in [-0.2, 0) is 21.5 Å². The summed E-state index contributed by atoms with van der Waals surface area (Å²) in [5, 5.41) is 7.34. The van der Waals surface area contributed by atoms with Gasteiger partial charge in [0.15, 0.2) is 0 Å². The third kappa shape index (κ3) is 2.97. The molecule has 1 aromatic heterocycles. The van der Waals surface area contributed by atoms with Crippen LogP contribution in [-0.4, -0.2) is 38.5 Å². The molecule has 2 aliphatic heterocycles. The Morgan fingerprint density at radius 1 is 1.19 bits per heavy atom. The van der Waals surface area contributed by atoms with Gasteiger partial charge in [-0.05, 0) is 18.6 Å². The molecule has 0 bridgehead atoms. The van der Waals surface area contributed by atoms with E-state index in [2.05, 4.69) is 10.4 Å². The average molecular weight is 368 g/mol. The summed E-state index contributed by atoms with van der Waals surface area (Å²) in [6.45, 7) is 0. The Morgan fingerprint density at radius 3 is 2.44 bits per heavy atom. The second-order valence-electron chi connectivity index (χ2n) is 6.56. The van der Waals surface area contributed by atoms with Gasteiger partial charge in [-0.25, -0.2) is 4.79 Å². The van der Waals surface area contributed by atoms with Gasteiger partial charge in [0.1, 0.15) is 0 Å². The van der Waals surface area contributed by atoms with E-state index in [1.165, 1.54) is 12.1 Å². The molecule has 9 nitrogen and oxygen atoms in total. The number of imide groups is 1. The number of piperidine rings is 1. The topological polar surface area (TPSA) is 111 Å². The summed E-state index contributed by atoms with van der Waals surface area (Å²) in [5.74, 6) is -3.23. The molecule has 1 fully saturated rings. The van der Waals surface area contributed by atoms with Crippen LogP contribution in [0.25, 0.3) is 0 Å². The maximum atomic E-state index is 12.6. The molecule has 1 saturated heterocycles. The van der Waals surface area contributed by atoms with Gasteiger partial charge in [0.2, 0.25) is 5.91 Å². The van der Waals surface area contributed by atoms with E-state index in [0.717, 1.165) is 5.56 Å². The molecule has 1 N–H and O–H groups in total. The second kappa shape index (κ2) is 6.35. The SMILES string of the molecule is Cn1cc([C@H]2C[C@@H](C(=O)ON3C(=O)c4ccccc4C3=O)CC(=O)N2)cn1. The van der Waals surface area contributed by atoms with Crippen LogP contribution in [0.4, 0.5) is 0 Å². The van der Waals surface area contributed by atoms with Gasteiger partial charge in [-0.2, -0.15) is 5.10 Å². The van der Waals surface area contributed by atoms with E-state index in [0.29, 0.717) is 11.5 Å². The van der Waals surface area contributed by atoms with Crippen molar-refractivity contribution >= 4 is 23.7 Å². The van der Waals surface area contributed by atoms with Crippen LogP contribution in [0.1, 0.15) is 45.2 Å². The number of fused-ring (bicyclic) bond motifs is 1. The Bertz CT molecular complexity index is 931. The molecule has 9 heteroatoms. The van der Waals surface area contributed by atoms with Crippen LogP contribution in [0, 0.1) is 5.92 Å². The van der Waals surface area contributed by atoms with E-state index < -0.39 is 23.7 Å². The van der Waals surface area contributed by atoms with Crippen LogP contribution >= 0.6 is 0 Å². The molecule has 0 radical (unpaired) electrons. The van der Waals surface area contributed by atoms with Crippen molar-refractivity contribution in [1.82, 2.24) is 20.2 Å². The van der Waals surface area contributed by atoms with Crippen LogP contribution in [0.2, 0.25) is 0 Å². The van der Waals surface area contributed by atoms with Crippen molar-refractivity contribution in [3.05, 3.63) is 53.3 Å². The minimum atomic E-state index is -0.784. The lowest BCUT2D eigenvalue weighted by atomic mass is 9.89. The monoisotopic (exact) mass is 368 g/mol. The summed E-state index contributed by atoms with van der Waals surface area (Å²) in [6.07, 6.45) is 3.59. The molecule has 0 spiro atoms. The van der Waals surface area contributed by atoms with Gasteiger partial charge in [-0.3, -0.25) is 19.1 Å². The van der Waals surface area contributed by atoms with Crippen molar-refractivity contribution in [2.45, 2.75) is 18.9 Å². The minimum absolute atomic E-state index is 0.0707. The molecular weight excluding hydrogens is 352 g/mol. The van der Waals surface area contributed by atoms with Gasteiger partial charge < -0.3 is 10.2 Å². The van der Waals surface area contributed by atoms with Crippen LogP contribution in [0.3, 0.4) is 0 Å². The zero-order valence-electron chi connectivity index (χ0n) is 14.4. The van der Waals surface area contributed by atoms with E-state index in [4.69, 9.17) is 4.84 Å². The van der Waals surface area contributed by atoms with Crippen molar-refractivity contribution in [1.29, 1.82) is 0 Å². The van der Waals surface area contributed by atoms with Crippen molar-refractivity contribution in [3.63, 3.8) is 0 Å². The largest absolute Gasteiger partial charge is 0.349 e. The standard InChI is InChI=1S/C18H16N4O5/c1-21-9-11(8-19-21)14-6-10(7-15(23)20-14)18(26)27-22-16(24)12-4-2-3-5-13(12)17(22)25/h2-5,8-10,14H,6-7H2,1H3,(H,20,23)/t10-,14-/m1/s1. The number of hydrogen-bond acceptors (Lipinski definition) is 6. The first-order chi connectivity index (χ1) is 12.9. The molecule has 27 heavy (non-hydrogen) atoms. The molecule has 2 aliphatic rings. The number of nitrogens with zero attached hydrogens (tertiary/aromatic N) is 3. The van der Waals surface area contributed by atoms with Crippen molar-refractivity contribution in [2.75, 3.05) is 0 Å². The van der Waals surface area contributed by atoms with Gasteiger partial charge in [0.05, 0.1) is 29.3 Å². The van der Waals surface area contributed by atoms with E-state index in [9.17, 15) is 19.2 Å². The maximum Gasteiger partial charge on any atom is 0.336 e. The fourth-order valence-electron chi connectivity index (χ4n) is 3.34. The summed E-state index contributed by atoms with van der Waals surface area (Å²) in [6, 6.07) is 5.85. The van der Waals surface area contributed by atoms with Crippen molar-refractivity contribution in [3.8, 4) is 0 Å². The third-order valence-corrected chi connectivity index (χ3v) is 4.69. The zero-order chi connectivity index (χ0) is 19.1. The highest BCUT2D eigenvalue weighted by Crippen LogP contribution is 2.30. The first-order valence-electron chi connectivity index (χ1n) is 8.41. The number of nitrogens with one attached hydrogen (secondary N) is 1. The lowest BCUT2D eigenvalue weighted by molar-refractivity contribution is -0.176. The predicted molar refractivity (Wildman–Crippen MR) is 89.8 cm³/mol. The van der Waals surface area contributed by atoms with Gasteiger partial charge in [-0.1, -0.05) is 17.2 Å².